The highest BCUT2D eigenvalue weighted by Gasteiger charge is 2.53. The Morgan fingerprint density at radius 2 is 1.86 bits per heavy atom. The smallest absolute Gasteiger partial charge is 0.243 e. The quantitative estimate of drug-likeness (QED) is 0.833. The Balaban J connectivity index is 1.56. The molecule has 1 aromatic carbocycles. The fourth-order valence-corrected chi connectivity index (χ4v) is 6.25. The van der Waals surface area contributed by atoms with Crippen molar-refractivity contribution in [3.63, 3.8) is 0 Å². The van der Waals surface area contributed by atoms with Crippen LogP contribution in [0.3, 0.4) is 0 Å². The Labute approximate surface area is 166 Å². The highest BCUT2D eigenvalue weighted by molar-refractivity contribution is 7.89. The Kier molecular flexibility index (Phi) is 5.29. The van der Waals surface area contributed by atoms with Crippen LogP contribution in [0.1, 0.15) is 37.9 Å². The van der Waals surface area contributed by atoms with Gasteiger partial charge in [0.25, 0.3) is 0 Å². The van der Waals surface area contributed by atoms with Crippen molar-refractivity contribution in [2.24, 2.45) is 11.3 Å². The van der Waals surface area contributed by atoms with E-state index in [1.165, 1.54) is 4.31 Å². The Morgan fingerprint density at radius 1 is 1.11 bits per heavy atom. The number of sulfonamides is 1. The summed E-state index contributed by atoms with van der Waals surface area (Å²) in [5.74, 6) is 0.281. The minimum atomic E-state index is -3.60. The lowest BCUT2D eigenvalue weighted by Crippen LogP contribution is -2.42. The first-order valence-electron chi connectivity index (χ1n) is 9.87. The third kappa shape index (κ3) is 3.61. The van der Waals surface area contributed by atoms with Gasteiger partial charge in [0.2, 0.25) is 15.9 Å². The molecule has 28 heavy (non-hydrogen) atoms. The molecule has 1 aliphatic heterocycles. The lowest BCUT2D eigenvalue weighted by atomic mass is 9.67. The third-order valence-electron chi connectivity index (χ3n) is 6.18. The van der Waals surface area contributed by atoms with E-state index in [9.17, 15) is 13.2 Å². The number of hydrogen-bond acceptors (Lipinski definition) is 4. The summed E-state index contributed by atoms with van der Waals surface area (Å²) in [6, 6.07) is 12.1. The van der Waals surface area contributed by atoms with Gasteiger partial charge in [-0.25, -0.2) is 8.42 Å². The molecular formula is C21H26N2O4S. The molecule has 150 valence electrons. The molecule has 2 heterocycles. The maximum atomic E-state index is 13.2. The van der Waals surface area contributed by atoms with Crippen molar-refractivity contribution in [1.29, 1.82) is 0 Å². The summed E-state index contributed by atoms with van der Waals surface area (Å²) in [7, 11) is -3.60. The zero-order chi connectivity index (χ0) is 19.6. The number of hydrogen-bond donors (Lipinski definition) is 1. The van der Waals surface area contributed by atoms with Crippen LogP contribution >= 0.6 is 0 Å². The molecule has 2 aromatic rings. The Bertz CT molecular complexity index is 903. The normalized spacial score (nSPS) is 22.4. The van der Waals surface area contributed by atoms with Gasteiger partial charge in [0, 0.05) is 13.1 Å². The first-order chi connectivity index (χ1) is 13.5. The maximum Gasteiger partial charge on any atom is 0.243 e. The lowest BCUT2D eigenvalue weighted by molar-refractivity contribution is -0.128. The van der Waals surface area contributed by atoms with Crippen molar-refractivity contribution >= 4 is 15.9 Å². The van der Waals surface area contributed by atoms with Crippen molar-refractivity contribution in [2.45, 2.75) is 43.5 Å². The Morgan fingerprint density at radius 3 is 2.54 bits per heavy atom. The van der Waals surface area contributed by atoms with Gasteiger partial charge in [-0.2, -0.15) is 4.31 Å². The van der Waals surface area contributed by atoms with Gasteiger partial charge in [-0.15, -0.1) is 0 Å². The van der Waals surface area contributed by atoms with Gasteiger partial charge in [0.15, 0.2) is 0 Å². The van der Waals surface area contributed by atoms with E-state index in [2.05, 4.69) is 5.32 Å². The molecule has 0 radical (unpaired) electrons. The van der Waals surface area contributed by atoms with Crippen molar-refractivity contribution in [3.8, 4) is 0 Å². The summed E-state index contributed by atoms with van der Waals surface area (Å²) in [6.45, 7) is 0.980. The number of benzene rings is 1. The number of rotatable bonds is 5. The first-order valence-corrected chi connectivity index (χ1v) is 11.3. The van der Waals surface area contributed by atoms with Gasteiger partial charge in [0.05, 0.1) is 23.6 Å². The third-order valence-corrected chi connectivity index (χ3v) is 8.01. The van der Waals surface area contributed by atoms with E-state index in [1.807, 2.05) is 6.07 Å². The molecule has 1 N–H and O–H groups in total. The molecule has 1 saturated heterocycles. The van der Waals surface area contributed by atoms with Gasteiger partial charge < -0.3 is 9.73 Å². The predicted octanol–water partition coefficient (Wildman–Crippen LogP) is 3.17. The maximum absolute atomic E-state index is 13.2. The fourth-order valence-electron chi connectivity index (χ4n) is 4.68. The number of carbonyl (C=O) groups is 1. The topological polar surface area (TPSA) is 79.6 Å². The number of amides is 1. The summed E-state index contributed by atoms with van der Waals surface area (Å²) >= 11 is 0. The molecule has 1 atom stereocenters. The molecule has 2 aliphatic rings. The number of carbonyl (C=O) groups excluding carboxylic acids is 1. The number of nitrogens with one attached hydrogen (secondary N) is 1. The van der Waals surface area contributed by atoms with Crippen molar-refractivity contribution < 1.29 is 17.6 Å². The second-order valence-electron chi connectivity index (χ2n) is 7.88. The van der Waals surface area contributed by atoms with E-state index in [0.29, 0.717) is 18.8 Å². The van der Waals surface area contributed by atoms with Crippen LogP contribution in [0.4, 0.5) is 0 Å². The highest BCUT2D eigenvalue weighted by atomic mass is 32.2. The minimum Gasteiger partial charge on any atom is -0.467 e. The molecule has 6 nitrogen and oxygen atoms in total. The van der Waals surface area contributed by atoms with E-state index < -0.39 is 10.0 Å². The summed E-state index contributed by atoms with van der Waals surface area (Å²) < 4.78 is 33.1. The molecule has 1 aliphatic carbocycles. The number of nitrogens with zero attached hydrogens (tertiary/aromatic N) is 1. The molecule has 4 rings (SSSR count). The molecule has 1 amide bonds. The van der Waals surface area contributed by atoms with Crippen LogP contribution in [0.5, 0.6) is 0 Å². The van der Waals surface area contributed by atoms with Gasteiger partial charge in [-0.1, -0.05) is 37.5 Å². The fraction of sp³-hybridized carbons (Fsp3) is 0.476. The standard InChI is InChI=1S/C21H26N2O4S/c24-20(22-14-17-8-7-13-27-17)19-15-23(16-21(19)11-5-2-6-12-21)28(25,26)18-9-3-1-4-10-18/h1,3-4,7-10,13,19H,2,5-6,11-12,14-16H2,(H,22,24)/t19-/m0/s1. The van der Waals surface area contributed by atoms with Crippen LogP contribution in [0.15, 0.2) is 58.0 Å². The summed E-state index contributed by atoms with van der Waals surface area (Å²) in [5.41, 5.74) is -0.270. The van der Waals surface area contributed by atoms with E-state index in [0.717, 1.165) is 32.1 Å². The van der Waals surface area contributed by atoms with Crippen molar-refractivity contribution in [1.82, 2.24) is 9.62 Å². The molecular weight excluding hydrogens is 376 g/mol. The average molecular weight is 403 g/mol. The molecule has 1 saturated carbocycles. The van der Waals surface area contributed by atoms with Gasteiger partial charge in [-0.05, 0) is 42.5 Å². The van der Waals surface area contributed by atoms with Crippen LogP contribution in [0.25, 0.3) is 0 Å². The van der Waals surface area contributed by atoms with Gasteiger partial charge in [0.1, 0.15) is 5.76 Å². The van der Waals surface area contributed by atoms with Crippen molar-refractivity contribution in [3.05, 3.63) is 54.5 Å². The zero-order valence-corrected chi connectivity index (χ0v) is 16.7. The summed E-state index contributed by atoms with van der Waals surface area (Å²) in [6.07, 6.45) is 6.60. The predicted molar refractivity (Wildman–Crippen MR) is 105 cm³/mol. The van der Waals surface area contributed by atoms with Crippen LogP contribution in [-0.4, -0.2) is 31.7 Å². The first kappa shape index (κ1) is 19.2. The lowest BCUT2D eigenvalue weighted by Gasteiger charge is -2.37. The van der Waals surface area contributed by atoms with Crippen molar-refractivity contribution in [2.75, 3.05) is 13.1 Å². The minimum absolute atomic E-state index is 0.0796. The molecule has 2 fully saturated rings. The number of furan rings is 1. The van der Waals surface area contributed by atoms with Crippen LogP contribution < -0.4 is 5.32 Å². The summed E-state index contributed by atoms with van der Waals surface area (Å²) in [5, 5.41) is 2.96. The van der Waals surface area contributed by atoms with Gasteiger partial charge >= 0.3 is 0 Å². The second kappa shape index (κ2) is 7.72. The molecule has 1 aromatic heterocycles. The molecule has 0 bridgehead atoms. The monoisotopic (exact) mass is 402 g/mol. The average Bonchev–Trinajstić information content (AvgIpc) is 3.36. The second-order valence-corrected chi connectivity index (χ2v) is 9.82. The largest absolute Gasteiger partial charge is 0.467 e. The van der Waals surface area contributed by atoms with E-state index in [1.54, 1.807) is 42.7 Å². The zero-order valence-electron chi connectivity index (χ0n) is 15.8. The van der Waals surface area contributed by atoms with E-state index >= 15 is 0 Å². The summed E-state index contributed by atoms with van der Waals surface area (Å²) in [4.78, 5) is 13.3. The van der Waals surface area contributed by atoms with Crippen LogP contribution in [0, 0.1) is 11.3 Å². The van der Waals surface area contributed by atoms with Crippen LogP contribution in [0.2, 0.25) is 0 Å². The molecule has 7 heteroatoms. The van der Waals surface area contributed by atoms with Crippen LogP contribution in [-0.2, 0) is 21.4 Å². The SMILES string of the molecule is O=C(NCc1ccco1)[C@@H]1CN(S(=O)(=O)c2ccccc2)CC12CCCCC2. The molecule has 1 spiro atoms. The Hall–Kier alpha value is -2.12. The van der Waals surface area contributed by atoms with Gasteiger partial charge in [-0.3, -0.25) is 4.79 Å². The highest BCUT2D eigenvalue weighted by Crippen LogP contribution is 2.48. The van der Waals surface area contributed by atoms with E-state index in [4.69, 9.17) is 4.42 Å². The molecule has 0 unspecified atom stereocenters. The van der Waals surface area contributed by atoms with E-state index in [-0.39, 0.29) is 28.7 Å².